The number of aromatic nitrogens is 2. The molecule has 0 aliphatic carbocycles. The number of nitrogens with zero attached hydrogens (tertiary/aromatic N) is 2. The van der Waals surface area contributed by atoms with E-state index in [1.54, 1.807) is 0 Å². The molecule has 0 radical (unpaired) electrons. The predicted octanol–water partition coefficient (Wildman–Crippen LogP) is 7.01. The first kappa shape index (κ1) is 23.0. The van der Waals surface area contributed by atoms with Crippen molar-refractivity contribution >= 4 is 66.7 Å². The van der Waals surface area contributed by atoms with Gasteiger partial charge in [-0.15, -0.1) is 21.5 Å². The highest BCUT2D eigenvalue weighted by molar-refractivity contribution is 9.10. The molecule has 8 heteroatoms. The topological polar surface area (TPSA) is 75.9 Å². The van der Waals surface area contributed by atoms with Crippen molar-refractivity contribution in [2.24, 2.45) is 0 Å². The third-order valence-corrected chi connectivity index (χ3v) is 8.28. The molecular weight excluding hydrogens is 530 g/mol. The number of fused-ring (bicyclic) bond motifs is 1. The van der Waals surface area contributed by atoms with Gasteiger partial charge in [0.05, 0.1) is 14.4 Å². The van der Waals surface area contributed by atoms with Gasteiger partial charge in [0, 0.05) is 0 Å². The fourth-order valence-electron chi connectivity index (χ4n) is 3.79. The third kappa shape index (κ3) is 4.58. The SMILES string of the molecule is CCc1nnc([C@H]2C(=N)S/C(=C\c3ccc(OCc4cccc5ccccc45)c(Br)c3)C2=O)s1. The molecule has 1 aliphatic heterocycles. The number of aryl methyl sites for hydroxylation is 1. The predicted molar refractivity (Wildman–Crippen MR) is 143 cm³/mol. The van der Waals surface area contributed by atoms with Crippen LogP contribution in [0.5, 0.6) is 5.75 Å². The number of nitrogens with one attached hydrogen (secondary N) is 1. The molecule has 170 valence electrons. The first-order chi connectivity index (χ1) is 16.5. The molecule has 34 heavy (non-hydrogen) atoms. The summed E-state index contributed by atoms with van der Waals surface area (Å²) in [6.07, 6.45) is 2.59. The molecule has 1 saturated heterocycles. The number of carbonyl (C=O) groups excluding carboxylic acids is 1. The van der Waals surface area contributed by atoms with Crippen LogP contribution >= 0.6 is 39.0 Å². The Bertz CT molecular complexity index is 1440. The van der Waals surface area contributed by atoms with Crippen molar-refractivity contribution in [1.82, 2.24) is 10.2 Å². The lowest BCUT2D eigenvalue weighted by Crippen LogP contribution is -2.11. The smallest absolute Gasteiger partial charge is 0.186 e. The lowest BCUT2D eigenvalue weighted by Gasteiger charge is -2.11. The zero-order valence-corrected chi connectivity index (χ0v) is 21.5. The molecule has 3 aromatic carbocycles. The summed E-state index contributed by atoms with van der Waals surface area (Å²) in [7, 11) is 0. The van der Waals surface area contributed by atoms with Crippen molar-refractivity contribution in [1.29, 1.82) is 5.41 Å². The van der Waals surface area contributed by atoms with Crippen LogP contribution in [0.25, 0.3) is 16.8 Å². The summed E-state index contributed by atoms with van der Waals surface area (Å²) in [6, 6.07) is 20.2. The monoisotopic (exact) mass is 549 g/mol. The Morgan fingerprint density at radius 3 is 2.74 bits per heavy atom. The molecule has 0 bridgehead atoms. The van der Waals surface area contributed by atoms with Crippen LogP contribution in [0, 0.1) is 5.41 Å². The van der Waals surface area contributed by atoms with Gasteiger partial charge in [-0.05, 0) is 62.5 Å². The Labute approximate surface area is 213 Å². The molecular formula is C26H20BrN3O2S2. The van der Waals surface area contributed by atoms with Crippen molar-refractivity contribution < 1.29 is 9.53 Å². The van der Waals surface area contributed by atoms with Crippen molar-refractivity contribution in [3.05, 3.63) is 91.2 Å². The average molecular weight is 551 g/mol. The second-order valence-electron chi connectivity index (χ2n) is 7.78. The molecule has 4 aromatic rings. The van der Waals surface area contributed by atoms with E-state index < -0.39 is 5.92 Å². The molecule has 1 atom stereocenters. The largest absolute Gasteiger partial charge is 0.488 e. The maximum Gasteiger partial charge on any atom is 0.186 e. The molecule has 5 rings (SSSR count). The molecule has 5 nitrogen and oxygen atoms in total. The maximum atomic E-state index is 13.0. The van der Waals surface area contributed by atoms with E-state index in [1.807, 2.05) is 49.4 Å². The molecule has 1 N–H and O–H groups in total. The minimum atomic E-state index is -0.638. The second kappa shape index (κ2) is 9.82. The number of carbonyl (C=O) groups is 1. The van der Waals surface area contributed by atoms with Crippen molar-refractivity contribution in [2.75, 3.05) is 0 Å². The van der Waals surface area contributed by atoms with Gasteiger partial charge in [0.2, 0.25) is 0 Å². The van der Waals surface area contributed by atoms with Gasteiger partial charge in [-0.25, -0.2) is 0 Å². The summed E-state index contributed by atoms with van der Waals surface area (Å²) in [5.41, 5.74) is 1.98. The van der Waals surface area contributed by atoms with Crippen molar-refractivity contribution in [2.45, 2.75) is 25.9 Å². The fourth-order valence-corrected chi connectivity index (χ4v) is 6.25. The van der Waals surface area contributed by atoms with Crippen LogP contribution in [0.15, 0.2) is 70.0 Å². The highest BCUT2D eigenvalue weighted by Crippen LogP contribution is 2.42. The quantitative estimate of drug-likeness (QED) is 0.261. The van der Waals surface area contributed by atoms with Crippen LogP contribution in [-0.4, -0.2) is 21.0 Å². The Morgan fingerprint density at radius 1 is 1.12 bits per heavy atom. The van der Waals surface area contributed by atoms with Gasteiger partial charge >= 0.3 is 0 Å². The van der Waals surface area contributed by atoms with E-state index in [2.05, 4.69) is 50.4 Å². The number of halogens is 1. The van der Waals surface area contributed by atoms with E-state index in [0.717, 1.165) is 32.8 Å². The first-order valence-corrected chi connectivity index (χ1v) is 13.2. The number of ketones is 1. The molecule has 0 amide bonds. The van der Waals surface area contributed by atoms with E-state index >= 15 is 0 Å². The Kier molecular flexibility index (Phi) is 6.63. The summed E-state index contributed by atoms with van der Waals surface area (Å²) >= 11 is 6.20. The summed E-state index contributed by atoms with van der Waals surface area (Å²) in [5, 5.41) is 20.7. The van der Waals surface area contributed by atoms with Crippen LogP contribution in [0.3, 0.4) is 0 Å². The van der Waals surface area contributed by atoms with Crippen LogP contribution in [0.4, 0.5) is 0 Å². The van der Waals surface area contributed by atoms with Crippen LogP contribution in [-0.2, 0) is 17.8 Å². The summed E-state index contributed by atoms with van der Waals surface area (Å²) in [5.74, 6) is -0.00550. The molecule has 1 aliphatic rings. The summed E-state index contributed by atoms with van der Waals surface area (Å²) in [6.45, 7) is 2.45. The number of hydrogen-bond acceptors (Lipinski definition) is 7. The zero-order chi connectivity index (χ0) is 23.7. The number of ether oxygens (including phenoxy) is 1. The highest BCUT2D eigenvalue weighted by Gasteiger charge is 2.39. The van der Waals surface area contributed by atoms with E-state index in [4.69, 9.17) is 10.1 Å². The minimum absolute atomic E-state index is 0.0961. The van der Waals surface area contributed by atoms with Gasteiger partial charge in [-0.1, -0.05) is 67.2 Å². The maximum absolute atomic E-state index is 13.0. The molecule has 0 saturated carbocycles. The molecule has 0 unspecified atom stereocenters. The van der Waals surface area contributed by atoms with E-state index in [9.17, 15) is 4.79 Å². The Hall–Kier alpha value is -2.81. The van der Waals surface area contributed by atoms with Crippen LogP contribution in [0.2, 0.25) is 0 Å². The number of Topliss-reactive ketones (excluding diaryl/α,β-unsaturated/α-hetero) is 1. The fraction of sp³-hybridized carbons (Fsp3) is 0.154. The van der Waals surface area contributed by atoms with Gasteiger partial charge in [0.15, 0.2) is 5.78 Å². The minimum Gasteiger partial charge on any atom is -0.488 e. The number of rotatable bonds is 6. The summed E-state index contributed by atoms with van der Waals surface area (Å²) < 4.78 is 6.90. The summed E-state index contributed by atoms with van der Waals surface area (Å²) in [4.78, 5) is 13.6. The van der Waals surface area contributed by atoms with Crippen molar-refractivity contribution in [3.63, 3.8) is 0 Å². The molecule has 2 heterocycles. The van der Waals surface area contributed by atoms with Gasteiger partial charge in [0.1, 0.15) is 28.3 Å². The Balaban J connectivity index is 1.32. The zero-order valence-electron chi connectivity index (χ0n) is 18.2. The number of allylic oxidation sites excluding steroid dienone is 1. The van der Waals surface area contributed by atoms with Gasteiger partial charge in [-0.2, -0.15) is 0 Å². The number of thioether (sulfide) groups is 1. The number of hydrogen-bond donors (Lipinski definition) is 1. The second-order valence-corrected chi connectivity index (χ2v) is 10.8. The molecule has 1 fully saturated rings. The van der Waals surface area contributed by atoms with Gasteiger partial charge < -0.3 is 4.74 Å². The van der Waals surface area contributed by atoms with Crippen LogP contribution in [0.1, 0.15) is 34.0 Å². The van der Waals surface area contributed by atoms with E-state index in [0.29, 0.717) is 21.6 Å². The molecule has 0 spiro atoms. The normalized spacial score (nSPS) is 17.1. The molecule has 1 aromatic heterocycles. The average Bonchev–Trinajstić information content (AvgIpc) is 3.42. The lowest BCUT2D eigenvalue weighted by molar-refractivity contribution is -0.114. The van der Waals surface area contributed by atoms with Gasteiger partial charge in [-0.3, -0.25) is 10.2 Å². The first-order valence-electron chi connectivity index (χ1n) is 10.8. The highest BCUT2D eigenvalue weighted by atomic mass is 79.9. The van der Waals surface area contributed by atoms with E-state index in [-0.39, 0.29) is 5.78 Å². The van der Waals surface area contributed by atoms with Crippen LogP contribution < -0.4 is 4.74 Å². The van der Waals surface area contributed by atoms with Gasteiger partial charge in [0.25, 0.3) is 0 Å². The van der Waals surface area contributed by atoms with E-state index in [1.165, 1.54) is 33.9 Å². The van der Waals surface area contributed by atoms with Crippen molar-refractivity contribution in [3.8, 4) is 5.75 Å². The standard InChI is InChI=1S/C26H20BrN3O2S2/c1-2-22-29-30-26(34-22)23-24(31)21(33-25(23)28)13-15-10-11-20(19(27)12-15)32-14-17-8-5-7-16-6-3-4-9-18(16)17/h3-13,23,28H,2,14H2,1H3/b21-13-,28-25?/t23-/m1/s1. The third-order valence-electron chi connectivity index (χ3n) is 5.54. The number of benzene rings is 3. The Morgan fingerprint density at radius 2 is 1.94 bits per heavy atom. The lowest BCUT2D eigenvalue weighted by atomic mass is 10.0.